The molecule has 3 aromatic carbocycles. The van der Waals surface area contributed by atoms with E-state index in [1.54, 1.807) is 46.9 Å². The van der Waals surface area contributed by atoms with Crippen LogP contribution in [0.25, 0.3) is 0 Å². The van der Waals surface area contributed by atoms with Crippen LogP contribution in [0.2, 0.25) is 0 Å². The molecule has 9 heteroatoms. The van der Waals surface area contributed by atoms with E-state index in [1.807, 2.05) is 44.2 Å². The smallest absolute Gasteiger partial charge is 0.254 e. The molecule has 7 nitrogen and oxygen atoms in total. The SMILES string of the molecule is COc1cccc(C(=O)N(Cc2cnc(S(=O)(=O)Cc3ccccc3F)n2Cc2ccccc2)CC(C)C)c1. The van der Waals surface area contributed by atoms with Gasteiger partial charge in [-0.2, -0.15) is 0 Å². The van der Waals surface area contributed by atoms with Crippen LogP contribution in [0.15, 0.2) is 90.2 Å². The van der Waals surface area contributed by atoms with Crippen LogP contribution in [0, 0.1) is 11.7 Å². The summed E-state index contributed by atoms with van der Waals surface area (Å²) in [5.41, 5.74) is 1.97. The number of rotatable bonds is 11. The molecule has 1 heterocycles. The Kier molecular flexibility index (Phi) is 8.81. The van der Waals surface area contributed by atoms with E-state index in [0.29, 0.717) is 23.6 Å². The first-order valence-electron chi connectivity index (χ1n) is 12.7. The third-order valence-corrected chi connectivity index (χ3v) is 7.78. The number of carbonyl (C=O) groups is 1. The lowest BCUT2D eigenvalue weighted by atomic mass is 10.1. The Bertz CT molecular complexity index is 1530. The van der Waals surface area contributed by atoms with E-state index in [4.69, 9.17) is 4.74 Å². The minimum Gasteiger partial charge on any atom is -0.497 e. The second-order valence-corrected chi connectivity index (χ2v) is 11.6. The number of hydrogen-bond donors (Lipinski definition) is 0. The highest BCUT2D eigenvalue weighted by Gasteiger charge is 2.27. The fraction of sp³-hybridized carbons (Fsp3) is 0.267. The summed E-state index contributed by atoms with van der Waals surface area (Å²) in [7, 11) is -2.47. The maximum atomic E-state index is 14.3. The highest BCUT2D eigenvalue weighted by molar-refractivity contribution is 7.90. The second-order valence-electron chi connectivity index (χ2n) is 9.77. The molecule has 0 aliphatic carbocycles. The molecule has 1 amide bonds. The van der Waals surface area contributed by atoms with E-state index in [2.05, 4.69) is 4.98 Å². The van der Waals surface area contributed by atoms with Gasteiger partial charge in [0.25, 0.3) is 5.91 Å². The lowest BCUT2D eigenvalue weighted by Gasteiger charge is -2.25. The zero-order valence-corrected chi connectivity index (χ0v) is 23.1. The predicted molar refractivity (Wildman–Crippen MR) is 148 cm³/mol. The van der Waals surface area contributed by atoms with Crippen LogP contribution in [0.4, 0.5) is 4.39 Å². The molecule has 4 rings (SSSR count). The molecule has 4 aromatic rings. The minimum absolute atomic E-state index is 0.0722. The Labute approximate surface area is 228 Å². The molecule has 0 N–H and O–H groups in total. The Hall–Kier alpha value is -3.98. The number of nitrogens with zero attached hydrogens (tertiary/aromatic N) is 3. The summed E-state index contributed by atoms with van der Waals surface area (Å²) in [4.78, 5) is 19.6. The van der Waals surface area contributed by atoms with Gasteiger partial charge in [-0.3, -0.25) is 4.79 Å². The fourth-order valence-electron chi connectivity index (χ4n) is 4.38. The first kappa shape index (κ1) is 28.0. The van der Waals surface area contributed by atoms with Crippen molar-refractivity contribution < 1.29 is 22.3 Å². The summed E-state index contributed by atoms with van der Waals surface area (Å²) in [6.07, 6.45) is 1.49. The van der Waals surface area contributed by atoms with Gasteiger partial charge >= 0.3 is 0 Å². The average Bonchev–Trinajstić information content (AvgIpc) is 3.32. The van der Waals surface area contributed by atoms with Crippen LogP contribution in [-0.4, -0.2) is 42.4 Å². The van der Waals surface area contributed by atoms with E-state index in [0.717, 1.165) is 5.56 Å². The number of halogens is 1. The number of sulfone groups is 1. The number of aromatic nitrogens is 2. The molecule has 0 radical (unpaired) electrons. The molecule has 0 fully saturated rings. The third-order valence-electron chi connectivity index (χ3n) is 6.21. The summed E-state index contributed by atoms with van der Waals surface area (Å²) in [5.74, 6) is -0.584. The summed E-state index contributed by atoms with van der Waals surface area (Å²) in [5, 5.41) is -0.164. The molecular weight excluding hydrogens is 517 g/mol. The normalized spacial score (nSPS) is 11.5. The van der Waals surface area contributed by atoms with Crippen LogP contribution in [0.3, 0.4) is 0 Å². The first-order valence-corrected chi connectivity index (χ1v) is 14.3. The molecule has 0 aliphatic heterocycles. The number of imidazole rings is 1. The quantitative estimate of drug-likeness (QED) is 0.252. The lowest BCUT2D eigenvalue weighted by molar-refractivity contribution is 0.0718. The molecule has 39 heavy (non-hydrogen) atoms. The van der Waals surface area contributed by atoms with Gasteiger partial charge in [-0.1, -0.05) is 68.4 Å². The van der Waals surface area contributed by atoms with Gasteiger partial charge in [-0.25, -0.2) is 17.8 Å². The predicted octanol–water partition coefficient (Wildman–Crippen LogP) is 5.35. The summed E-state index contributed by atoms with van der Waals surface area (Å²) >= 11 is 0. The highest BCUT2D eigenvalue weighted by Crippen LogP contribution is 2.23. The average molecular weight is 550 g/mol. The van der Waals surface area contributed by atoms with Crippen LogP contribution >= 0.6 is 0 Å². The van der Waals surface area contributed by atoms with Crippen LogP contribution < -0.4 is 4.74 Å². The van der Waals surface area contributed by atoms with Crippen molar-refractivity contribution in [1.82, 2.24) is 14.5 Å². The van der Waals surface area contributed by atoms with Crippen molar-refractivity contribution in [3.63, 3.8) is 0 Å². The van der Waals surface area contributed by atoms with Crippen molar-refractivity contribution in [2.24, 2.45) is 5.92 Å². The van der Waals surface area contributed by atoms with Crippen molar-refractivity contribution in [3.8, 4) is 5.75 Å². The van der Waals surface area contributed by atoms with Crippen LogP contribution in [-0.2, 0) is 28.7 Å². The molecule has 1 aromatic heterocycles. The van der Waals surface area contributed by atoms with Gasteiger partial charge in [0.15, 0.2) is 0 Å². The molecule has 0 aliphatic rings. The molecule has 0 bridgehead atoms. The van der Waals surface area contributed by atoms with Crippen LogP contribution in [0.1, 0.15) is 41.0 Å². The van der Waals surface area contributed by atoms with Gasteiger partial charge in [0.1, 0.15) is 11.6 Å². The lowest BCUT2D eigenvalue weighted by Crippen LogP contribution is -2.34. The van der Waals surface area contributed by atoms with Gasteiger partial charge in [-0.05, 0) is 35.7 Å². The van der Waals surface area contributed by atoms with Gasteiger partial charge in [-0.15, -0.1) is 0 Å². The Morgan fingerprint density at radius 1 is 1.03 bits per heavy atom. The van der Waals surface area contributed by atoms with E-state index in [9.17, 15) is 17.6 Å². The van der Waals surface area contributed by atoms with Crippen molar-refractivity contribution in [2.75, 3.05) is 13.7 Å². The van der Waals surface area contributed by atoms with Gasteiger partial charge < -0.3 is 14.2 Å². The van der Waals surface area contributed by atoms with E-state index >= 15 is 0 Å². The Morgan fingerprint density at radius 3 is 2.44 bits per heavy atom. The number of methoxy groups -OCH3 is 1. The molecule has 0 unspecified atom stereocenters. The Morgan fingerprint density at radius 2 is 1.74 bits per heavy atom. The molecule has 204 valence electrons. The number of hydrogen-bond acceptors (Lipinski definition) is 5. The third kappa shape index (κ3) is 6.92. The number of carbonyl (C=O) groups excluding carboxylic acids is 1. The molecule has 0 saturated heterocycles. The van der Waals surface area contributed by atoms with Gasteiger partial charge in [0.2, 0.25) is 15.0 Å². The van der Waals surface area contributed by atoms with E-state index < -0.39 is 21.4 Å². The maximum Gasteiger partial charge on any atom is 0.254 e. The van der Waals surface area contributed by atoms with Crippen molar-refractivity contribution in [2.45, 2.75) is 37.8 Å². The summed E-state index contributed by atoms with van der Waals surface area (Å²) in [6, 6.07) is 22.2. The highest BCUT2D eigenvalue weighted by atomic mass is 32.2. The number of benzene rings is 3. The van der Waals surface area contributed by atoms with E-state index in [1.165, 1.54) is 24.4 Å². The van der Waals surface area contributed by atoms with Gasteiger partial charge in [0.05, 0.1) is 37.8 Å². The molecule has 0 atom stereocenters. The van der Waals surface area contributed by atoms with Crippen LogP contribution in [0.5, 0.6) is 5.75 Å². The number of amides is 1. The molecular formula is C30H32FN3O4S. The van der Waals surface area contributed by atoms with E-state index in [-0.39, 0.29) is 35.6 Å². The fourth-order valence-corrected chi connectivity index (χ4v) is 5.88. The summed E-state index contributed by atoms with van der Waals surface area (Å²) in [6.45, 7) is 4.84. The maximum absolute atomic E-state index is 14.3. The zero-order chi connectivity index (χ0) is 28.0. The Balaban J connectivity index is 1.73. The molecule has 0 spiro atoms. The second kappa shape index (κ2) is 12.3. The minimum atomic E-state index is -4.01. The monoisotopic (exact) mass is 549 g/mol. The summed E-state index contributed by atoms with van der Waals surface area (Å²) < 4.78 is 48.3. The van der Waals surface area contributed by atoms with Crippen molar-refractivity contribution in [1.29, 1.82) is 0 Å². The standard InChI is InChI=1S/C30H32FN3O4S/c1-22(2)18-33(29(35)24-13-9-14-27(16-24)38-3)20-26-17-32-30(34(26)19-23-10-5-4-6-11-23)39(36,37)21-25-12-7-8-15-28(25)31/h4-17,22H,18-21H2,1-3H3. The van der Waals surface area contributed by atoms with Crippen molar-refractivity contribution >= 4 is 15.7 Å². The number of ether oxygens (including phenoxy) is 1. The zero-order valence-electron chi connectivity index (χ0n) is 22.2. The largest absolute Gasteiger partial charge is 0.497 e. The molecule has 0 saturated carbocycles. The van der Waals surface area contributed by atoms with Crippen molar-refractivity contribution in [3.05, 3.63) is 113 Å². The van der Waals surface area contributed by atoms with Gasteiger partial charge in [0, 0.05) is 17.7 Å². The topological polar surface area (TPSA) is 81.5 Å². The first-order chi connectivity index (χ1) is 18.7.